The van der Waals surface area contributed by atoms with E-state index in [1.165, 1.54) is 30.1 Å². The van der Waals surface area contributed by atoms with Gasteiger partial charge in [0.2, 0.25) is 17.7 Å². The van der Waals surface area contributed by atoms with Crippen molar-refractivity contribution >= 4 is 35.4 Å². The highest BCUT2D eigenvalue weighted by atomic mass is 16.5. The zero-order valence-corrected chi connectivity index (χ0v) is 48.1. The summed E-state index contributed by atoms with van der Waals surface area (Å²) in [5.41, 5.74) is 2.48. The molecular weight excluding hydrogens is 1010 g/mol. The van der Waals surface area contributed by atoms with Gasteiger partial charge in [-0.15, -0.1) is 0 Å². The van der Waals surface area contributed by atoms with E-state index in [1.807, 2.05) is 40.7 Å². The summed E-state index contributed by atoms with van der Waals surface area (Å²) in [6.07, 6.45) is 6.26. The molecule has 19 nitrogen and oxygen atoms in total. The van der Waals surface area contributed by atoms with Crippen molar-refractivity contribution in [3.05, 3.63) is 66.3 Å². The Morgan fingerprint density at radius 2 is 1.66 bits per heavy atom. The van der Waals surface area contributed by atoms with Crippen LogP contribution >= 0.6 is 0 Å². The van der Waals surface area contributed by atoms with Crippen molar-refractivity contribution in [3.8, 4) is 5.75 Å². The standard InChI is InChI=1S/C60H93N5O14/c1-11-42-29-35(5)60(63-55(42)73)40(10)53(71)39(9)51(79-60)32-49(70)34(4)19-15-16-24-47(68)37(7)50-25-14-12-13-23-48(69)38(8)54(72)44(27-26-36(6)66)56(74)62-52(33(2)3)57(75)61-46(31-41-20-17-21-43(67)30-41)58(76)65-28-18-22-45(64-65)59(77)78-50/h12-14,16-17,20-21,23-24,30,33-35,37-40,42,44-54,64,67-72H,11,15,18-19,22,25-29,31-32H2,1-10H3,(H,61,75)(H,62,74)(H,63,73). The average Bonchev–Trinajstić information content (AvgIpc) is 3.56. The minimum Gasteiger partial charge on any atom is -0.508 e. The number of piperidine rings is 1. The Bertz CT molecular complexity index is 2310. The van der Waals surface area contributed by atoms with Crippen LogP contribution in [0.5, 0.6) is 5.75 Å². The van der Waals surface area contributed by atoms with Crippen LogP contribution in [-0.4, -0.2) is 144 Å². The number of carbonyl (C=O) groups excluding carboxylic acids is 6. The number of hydrogen-bond acceptors (Lipinski definition) is 15. The number of rotatable bonds is 16. The smallest absolute Gasteiger partial charge is 0.325 e. The largest absolute Gasteiger partial charge is 0.508 e. The SMILES string of the molecule is CCC1CC(C)C2(NC1=O)OC(CC(O)C(C)CCC=CC(O)C(C)C1CC=CC=CC(O)C(C)C(O)C(CCC(C)=O)C(=O)NC(C(C)C)C(=O)NC(Cc3cccc(O)c3)C(=O)N3CCCC(N3)C(=O)O1)C(C)C(O)C2C. The Balaban J connectivity index is 1.34. The van der Waals surface area contributed by atoms with Crippen molar-refractivity contribution in [1.29, 1.82) is 0 Å². The summed E-state index contributed by atoms with van der Waals surface area (Å²) in [7, 11) is 0. The van der Waals surface area contributed by atoms with E-state index in [4.69, 9.17) is 9.47 Å². The van der Waals surface area contributed by atoms with Crippen molar-refractivity contribution in [3.63, 3.8) is 0 Å². The maximum atomic E-state index is 14.5. The Labute approximate surface area is 467 Å². The van der Waals surface area contributed by atoms with Crippen LogP contribution in [0.1, 0.15) is 139 Å². The van der Waals surface area contributed by atoms with Crippen molar-refractivity contribution in [2.45, 2.75) is 206 Å². The lowest BCUT2D eigenvalue weighted by Gasteiger charge is -2.56. The molecule has 1 aromatic rings. The number of phenols is 1. The van der Waals surface area contributed by atoms with Crippen LogP contribution in [0.4, 0.5) is 0 Å². The number of hydrazine groups is 1. The Kier molecular flexibility index (Phi) is 24.3. The molecular formula is C60H93N5O14. The van der Waals surface area contributed by atoms with E-state index in [0.717, 1.165) is 0 Å². The summed E-state index contributed by atoms with van der Waals surface area (Å²) in [4.78, 5) is 82.3. The molecule has 5 rings (SSSR count). The summed E-state index contributed by atoms with van der Waals surface area (Å²) in [5.74, 6) is -7.39. The molecule has 19 unspecified atom stereocenters. The fourth-order valence-corrected chi connectivity index (χ4v) is 11.6. The zero-order valence-electron chi connectivity index (χ0n) is 48.1. The van der Waals surface area contributed by atoms with Gasteiger partial charge in [-0.1, -0.05) is 111 Å². The van der Waals surface area contributed by atoms with E-state index in [1.54, 1.807) is 64.1 Å². The van der Waals surface area contributed by atoms with Crippen LogP contribution < -0.4 is 21.4 Å². The molecule has 1 aromatic carbocycles. The fraction of sp³-hybridized carbons (Fsp3) is 0.700. The molecule has 3 saturated heterocycles. The number of nitrogens with one attached hydrogen (secondary N) is 4. The van der Waals surface area contributed by atoms with E-state index in [9.17, 15) is 59.4 Å². The van der Waals surface area contributed by atoms with Crippen molar-refractivity contribution in [2.24, 2.45) is 53.3 Å². The summed E-state index contributed by atoms with van der Waals surface area (Å²) >= 11 is 0. The quantitative estimate of drug-likeness (QED) is 0.0808. The second kappa shape index (κ2) is 29.6. The normalized spacial score (nSPS) is 34.4. The number of benzene rings is 1. The number of carbonyl (C=O) groups is 6. The predicted molar refractivity (Wildman–Crippen MR) is 297 cm³/mol. The molecule has 0 saturated carbocycles. The highest BCUT2D eigenvalue weighted by Crippen LogP contribution is 2.46. The molecule has 0 aromatic heterocycles. The van der Waals surface area contributed by atoms with Gasteiger partial charge in [0.25, 0.3) is 5.91 Å². The number of nitrogens with zero attached hydrogens (tertiary/aromatic N) is 1. The van der Waals surface area contributed by atoms with Gasteiger partial charge in [0.1, 0.15) is 41.5 Å². The van der Waals surface area contributed by atoms with Gasteiger partial charge in [-0.25, -0.2) is 5.43 Å². The number of aliphatic hydroxyl groups excluding tert-OH is 5. The van der Waals surface area contributed by atoms with Gasteiger partial charge in [-0.3, -0.25) is 29.0 Å². The molecule has 4 amide bonds. The van der Waals surface area contributed by atoms with Gasteiger partial charge >= 0.3 is 5.97 Å². The number of hydrogen-bond donors (Lipinski definition) is 10. The molecule has 1 spiro atoms. The van der Waals surface area contributed by atoms with E-state index in [0.29, 0.717) is 44.1 Å². The number of phenolic OH excluding ortho intramolecular Hbond substituents is 1. The summed E-state index contributed by atoms with van der Waals surface area (Å²) in [5, 5.41) is 77.6. The highest BCUT2D eigenvalue weighted by Gasteiger charge is 2.57. The minimum atomic E-state index is -1.46. The van der Waals surface area contributed by atoms with Crippen LogP contribution in [0.15, 0.2) is 60.7 Å². The molecule has 0 aliphatic carbocycles. The number of ether oxygens (including phenoxy) is 2. The minimum absolute atomic E-state index is 0.0464. The van der Waals surface area contributed by atoms with E-state index >= 15 is 0 Å². The van der Waals surface area contributed by atoms with E-state index < -0.39 is 114 Å². The molecule has 442 valence electrons. The molecule has 79 heavy (non-hydrogen) atoms. The van der Waals surface area contributed by atoms with Gasteiger partial charge in [0.05, 0.1) is 42.5 Å². The van der Waals surface area contributed by atoms with Crippen molar-refractivity contribution in [2.75, 3.05) is 6.54 Å². The first-order chi connectivity index (χ1) is 37.3. The number of ketones is 1. The second-order valence-corrected chi connectivity index (χ2v) is 23.6. The first-order valence-corrected chi connectivity index (χ1v) is 28.9. The van der Waals surface area contributed by atoms with Crippen LogP contribution in [0.3, 0.4) is 0 Å². The topological polar surface area (TPSA) is 294 Å². The number of allylic oxidation sites excluding steroid dienone is 3. The predicted octanol–water partition coefficient (Wildman–Crippen LogP) is 4.46. The maximum Gasteiger partial charge on any atom is 0.325 e. The summed E-state index contributed by atoms with van der Waals surface area (Å²) in [6.45, 7) is 18.0. The average molecular weight is 1110 g/mol. The van der Waals surface area contributed by atoms with Gasteiger partial charge in [-0.2, -0.15) is 0 Å². The highest BCUT2D eigenvalue weighted by molar-refractivity contribution is 5.93. The summed E-state index contributed by atoms with van der Waals surface area (Å²) in [6, 6.07) is 2.74. The Hall–Kier alpha value is -5.02. The third kappa shape index (κ3) is 17.0. The van der Waals surface area contributed by atoms with Crippen LogP contribution in [-0.2, 0) is 44.7 Å². The number of esters is 1. The molecule has 0 radical (unpaired) electrons. The number of aliphatic hydroxyl groups is 5. The molecule has 2 bridgehead atoms. The first kappa shape index (κ1) is 64.8. The van der Waals surface area contributed by atoms with Crippen LogP contribution in [0, 0.1) is 53.3 Å². The van der Waals surface area contributed by atoms with Gasteiger partial charge < -0.3 is 60.9 Å². The third-order valence-electron chi connectivity index (χ3n) is 17.4. The van der Waals surface area contributed by atoms with E-state index in [-0.39, 0.29) is 85.7 Å². The lowest BCUT2D eigenvalue weighted by atomic mass is 9.69. The summed E-state index contributed by atoms with van der Waals surface area (Å²) < 4.78 is 12.9. The molecule has 4 aliphatic rings. The zero-order chi connectivity index (χ0) is 58.5. The Morgan fingerprint density at radius 3 is 2.33 bits per heavy atom. The van der Waals surface area contributed by atoms with Gasteiger partial charge in [0, 0.05) is 67.7 Å². The molecule has 19 heteroatoms. The number of amides is 4. The number of fused-ring (bicyclic) bond motifs is 2. The molecule has 4 heterocycles. The molecule has 4 aliphatic heterocycles. The lowest BCUT2D eigenvalue weighted by Crippen LogP contribution is -2.71. The fourth-order valence-electron chi connectivity index (χ4n) is 11.6. The number of aromatic hydroxyl groups is 1. The van der Waals surface area contributed by atoms with Gasteiger partial charge in [-0.05, 0) is 81.4 Å². The van der Waals surface area contributed by atoms with Crippen LogP contribution in [0.25, 0.3) is 0 Å². The molecule has 3 fully saturated rings. The van der Waals surface area contributed by atoms with Crippen molar-refractivity contribution < 1.29 is 68.9 Å². The molecule has 19 atom stereocenters. The van der Waals surface area contributed by atoms with E-state index in [2.05, 4.69) is 21.4 Å². The van der Waals surface area contributed by atoms with Gasteiger partial charge in [0.15, 0.2) is 0 Å². The lowest BCUT2D eigenvalue weighted by molar-refractivity contribution is -0.267. The maximum absolute atomic E-state index is 14.5. The Morgan fingerprint density at radius 1 is 0.937 bits per heavy atom. The number of cyclic esters (lactones) is 1. The third-order valence-corrected chi connectivity index (χ3v) is 17.4. The first-order valence-electron chi connectivity index (χ1n) is 28.9. The van der Waals surface area contributed by atoms with Crippen LogP contribution in [0.2, 0.25) is 0 Å². The second-order valence-electron chi connectivity index (χ2n) is 23.6. The number of Topliss-reactive ketones (excluding diaryl/α,β-unsaturated/α-hetero) is 1. The van der Waals surface area contributed by atoms with Crippen molar-refractivity contribution in [1.82, 2.24) is 26.4 Å². The molecule has 10 N–H and O–H groups in total. The monoisotopic (exact) mass is 1110 g/mol.